The molecule has 0 bridgehead atoms. The number of aromatic nitrogens is 3. The van der Waals surface area contributed by atoms with E-state index in [1.54, 1.807) is 11.1 Å². The van der Waals surface area contributed by atoms with Gasteiger partial charge in [-0.15, -0.1) is 0 Å². The van der Waals surface area contributed by atoms with Crippen LogP contribution in [0.15, 0.2) is 36.7 Å². The van der Waals surface area contributed by atoms with Crippen LogP contribution in [0.1, 0.15) is 71.4 Å². The number of halogens is 3. The van der Waals surface area contributed by atoms with Gasteiger partial charge in [0.25, 0.3) is 0 Å². The molecule has 3 aromatic rings. The lowest BCUT2D eigenvalue weighted by Gasteiger charge is -2.40. The zero-order valence-corrected chi connectivity index (χ0v) is 25.9. The average molecular weight is 617 g/mol. The number of nitrogens with zero attached hydrogens (tertiary/aromatic N) is 5. The average Bonchev–Trinajstić information content (AvgIpc) is 3.31. The molecular formula is C32H43F3N6O3. The third-order valence-electron chi connectivity index (χ3n) is 8.33. The van der Waals surface area contributed by atoms with Crippen molar-refractivity contribution < 1.29 is 27.8 Å². The second-order valence-corrected chi connectivity index (χ2v) is 13.1. The highest BCUT2D eigenvalue weighted by Gasteiger charge is 2.31. The second kappa shape index (κ2) is 12.9. The number of carbonyl (C=O) groups is 1. The van der Waals surface area contributed by atoms with Gasteiger partial charge >= 0.3 is 12.3 Å². The van der Waals surface area contributed by atoms with Crippen LogP contribution in [-0.2, 0) is 11.3 Å². The molecule has 2 fully saturated rings. The van der Waals surface area contributed by atoms with Crippen molar-refractivity contribution in [1.29, 1.82) is 0 Å². The molecule has 1 aromatic carbocycles. The third-order valence-corrected chi connectivity index (χ3v) is 8.33. The number of alkyl halides is 3. The van der Waals surface area contributed by atoms with Gasteiger partial charge in [0.15, 0.2) is 0 Å². The fourth-order valence-electron chi connectivity index (χ4n) is 6.09. The predicted molar refractivity (Wildman–Crippen MR) is 163 cm³/mol. The van der Waals surface area contributed by atoms with E-state index >= 15 is 0 Å². The molecule has 1 saturated carbocycles. The van der Waals surface area contributed by atoms with Gasteiger partial charge in [0.2, 0.25) is 5.95 Å². The van der Waals surface area contributed by atoms with Crippen LogP contribution in [0.4, 0.5) is 23.9 Å². The molecule has 1 saturated heterocycles. The first-order valence-electron chi connectivity index (χ1n) is 15.4. The predicted octanol–water partition coefficient (Wildman–Crippen LogP) is 6.38. The highest BCUT2D eigenvalue weighted by Crippen LogP contribution is 2.37. The van der Waals surface area contributed by atoms with Gasteiger partial charge in [0, 0.05) is 68.2 Å². The lowest BCUT2D eigenvalue weighted by atomic mass is 9.93. The SMILES string of the molecule is C[C@H]1CN(Cc2ccc(-c3cn(C4CCC(O)CC4)c4nc(NCCC(F)(F)F)ncc34)cc2)CCN1C(=O)OC(C)(C)C. The molecule has 1 aliphatic carbocycles. The van der Waals surface area contributed by atoms with E-state index in [1.807, 2.05) is 27.7 Å². The Bertz CT molecular complexity index is 1430. The number of piperazine rings is 1. The Labute approximate surface area is 256 Å². The molecule has 1 atom stereocenters. The number of hydrogen-bond acceptors (Lipinski definition) is 7. The van der Waals surface area contributed by atoms with Gasteiger partial charge < -0.3 is 24.6 Å². The minimum Gasteiger partial charge on any atom is -0.444 e. The lowest BCUT2D eigenvalue weighted by molar-refractivity contribution is -0.131. The summed E-state index contributed by atoms with van der Waals surface area (Å²) in [5, 5.41) is 13.6. The van der Waals surface area contributed by atoms with Crippen molar-refractivity contribution in [2.24, 2.45) is 0 Å². The van der Waals surface area contributed by atoms with Gasteiger partial charge in [0.05, 0.1) is 12.5 Å². The van der Waals surface area contributed by atoms with Crippen molar-refractivity contribution in [2.45, 2.75) is 96.3 Å². The van der Waals surface area contributed by atoms with Crippen LogP contribution in [0, 0.1) is 0 Å². The van der Waals surface area contributed by atoms with Gasteiger partial charge in [-0.25, -0.2) is 9.78 Å². The fourth-order valence-corrected chi connectivity index (χ4v) is 6.09. The Kier molecular flexibility index (Phi) is 9.41. The molecule has 0 unspecified atom stereocenters. The number of hydrogen-bond donors (Lipinski definition) is 2. The van der Waals surface area contributed by atoms with E-state index in [2.05, 4.69) is 55.2 Å². The fraction of sp³-hybridized carbons (Fsp3) is 0.594. The van der Waals surface area contributed by atoms with E-state index < -0.39 is 18.2 Å². The Morgan fingerprint density at radius 3 is 2.43 bits per heavy atom. The van der Waals surface area contributed by atoms with Crippen LogP contribution in [0.2, 0.25) is 0 Å². The van der Waals surface area contributed by atoms with Gasteiger partial charge in [-0.3, -0.25) is 4.90 Å². The quantitative estimate of drug-likeness (QED) is 0.318. The molecule has 0 spiro atoms. The van der Waals surface area contributed by atoms with Crippen molar-refractivity contribution in [3.05, 3.63) is 42.2 Å². The van der Waals surface area contributed by atoms with E-state index in [1.165, 1.54) is 0 Å². The van der Waals surface area contributed by atoms with E-state index in [0.717, 1.165) is 54.6 Å². The first-order valence-corrected chi connectivity index (χ1v) is 15.4. The summed E-state index contributed by atoms with van der Waals surface area (Å²) in [6, 6.07) is 8.54. The topological polar surface area (TPSA) is 95.8 Å². The Balaban J connectivity index is 1.31. The van der Waals surface area contributed by atoms with Crippen molar-refractivity contribution in [3.63, 3.8) is 0 Å². The Morgan fingerprint density at radius 2 is 1.80 bits per heavy atom. The summed E-state index contributed by atoms with van der Waals surface area (Å²) >= 11 is 0. The van der Waals surface area contributed by atoms with Gasteiger partial charge in [-0.2, -0.15) is 18.2 Å². The van der Waals surface area contributed by atoms with Crippen LogP contribution in [-0.4, -0.2) is 85.6 Å². The molecule has 1 amide bonds. The van der Waals surface area contributed by atoms with Gasteiger partial charge in [-0.1, -0.05) is 24.3 Å². The zero-order valence-electron chi connectivity index (χ0n) is 25.9. The number of benzene rings is 1. The molecule has 9 nitrogen and oxygen atoms in total. The summed E-state index contributed by atoms with van der Waals surface area (Å²) in [5.41, 5.74) is 3.26. The largest absolute Gasteiger partial charge is 0.444 e. The lowest BCUT2D eigenvalue weighted by Crippen LogP contribution is -2.54. The summed E-state index contributed by atoms with van der Waals surface area (Å²) in [7, 11) is 0. The highest BCUT2D eigenvalue weighted by molar-refractivity contribution is 5.94. The van der Waals surface area contributed by atoms with Crippen molar-refractivity contribution >= 4 is 23.1 Å². The molecule has 3 heterocycles. The number of aliphatic hydroxyl groups is 1. The Hall–Kier alpha value is -3.38. The van der Waals surface area contributed by atoms with E-state index in [0.29, 0.717) is 25.0 Å². The minimum absolute atomic E-state index is 0.0396. The molecule has 12 heteroatoms. The first-order chi connectivity index (χ1) is 20.8. The van der Waals surface area contributed by atoms with Crippen LogP contribution in [0.3, 0.4) is 0 Å². The van der Waals surface area contributed by atoms with E-state index in [4.69, 9.17) is 4.74 Å². The molecule has 5 rings (SSSR count). The highest BCUT2D eigenvalue weighted by atomic mass is 19.4. The Morgan fingerprint density at radius 1 is 1.09 bits per heavy atom. The van der Waals surface area contributed by atoms with Crippen molar-refractivity contribution in [3.8, 4) is 11.1 Å². The number of fused-ring (bicyclic) bond motifs is 1. The van der Waals surface area contributed by atoms with Gasteiger partial charge in [0.1, 0.15) is 11.2 Å². The number of carbonyl (C=O) groups excluding carboxylic acids is 1. The first kappa shape index (κ1) is 32.0. The van der Waals surface area contributed by atoms with Crippen LogP contribution < -0.4 is 5.32 Å². The van der Waals surface area contributed by atoms with E-state index in [-0.39, 0.29) is 36.8 Å². The van der Waals surface area contributed by atoms with Crippen LogP contribution >= 0.6 is 0 Å². The number of nitrogens with one attached hydrogen (secondary N) is 1. The number of ether oxygens (including phenoxy) is 1. The smallest absolute Gasteiger partial charge is 0.410 e. The van der Waals surface area contributed by atoms with E-state index in [9.17, 15) is 23.1 Å². The third kappa shape index (κ3) is 8.01. The second-order valence-electron chi connectivity index (χ2n) is 13.1. The van der Waals surface area contributed by atoms with Gasteiger partial charge in [-0.05, 0) is 64.5 Å². The number of anilines is 1. The molecule has 1 aliphatic heterocycles. The molecule has 2 aliphatic rings. The normalized spacial score (nSPS) is 21.9. The summed E-state index contributed by atoms with van der Waals surface area (Å²) in [5.74, 6) is 0.167. The number of rotatable bonds is 7. The monoisotopic (exact) mass is 616 g/mol. The van der Waals surface area contributed by atoms with Crippen molar-refractivity contribution in [1.82, 2.24) is 24.3 Å². The summed E-state index contributed by atoms with van der Waals surface area (Å²) in [6.07, 6.45) is 0.922. The van der Waals surface area contributed by atoms with Crippen LogP contribution in [0.25, 0.3) is 22.2 Å². The minimum atomic E-state index is -4.26. The molecular weight excluding hydrogens is 573 g/mol. The molecule has 44 heavy (non-hydrogen) atoms. The summed E-state index contributed by atoms with van der Waals surface area (Å²) in [4.78, 5) is 25.7. The zero-order chi connectivity index (χ0) is 31.6. The number of amides is 1. The standard InChI is InChI=1S/C32H43F3N6O3/c1-21-18-39(15-16-40(21)30(43)44-31(2,3)4)19-22-5-7-23(8-6-22)27-20-41(24-9-11-25(42)12-10-24)28-26(27)17-37-29(38-28)36-14-13-32(33,34)35/h5-8,17,20-21,24-25,42H,9-16,18-19H2,1-4H3,(H,36,37,38)/t21-,24?,25?/m0/s1. The molecule has 240 valence electrons. The van der Waals surface area contributed by atoms with Crippen molar-refractivity contribution in [2.75, 3.05) is 31.5 Å². The maximum atomic E-state index is 12.7. The summed E-state index contributed by atoms with van der Waals surface area (Å²) < 4.78 is 45.7. The molecule has 2 aromatic heterocycles. The molecule has 0 radical (unpaired) electrons. The van der Waals surface area contributed by atoms with Crippen LogP contribution in [0.5, 0.6) is 0 Å². The summed E-state index contributed by atoms with van der Waals surface area (Å²) in [6.45, 7) is 10.2. The molecule has 2 N–H and O–H groups in total. The maximum absolute atomic E-state index is 12.7. The number of aliphatic hydroxyl groups excluding tert-OH is 1. The maximum Gasteiger partial charge on any atom is 0.410 e.